The summed E-state index contributed by atoms with van der Waals surface area (Å²) in [6.45, 7) is 2.29. The molecule has 4 aromatic rings. The Morgan fingerprint density at radius 1 is 1.07 bits per heavy atom. The molecule has 44 heavy (non-hydrogen) atoms. The Bertz CT molecular complexity index is 1760. The van der Waals surface area contributed by atoms with Gasteiger partial charge in [0.25, 0.3) is 5.91 Å². The van der Waals surface area contributed by atoms with Gasteiger partial charge in [-0.2, -0.15) is 0 Å². The Kier molecular flexibility index (Phi) is 6.68. The normalized spacial score (nSPS) is 26.5. The summed E-state index contributed by atoms with van der Waals surface area (Å²) in [5.41, 5.74) is 10.6. The van der Waals surface area contributed by atoms with Gasteiger partial charge in [0, 0.05) is 48.9 Å². The average Bonchev–Trinajstić information content (AvgIpc) is 3.34. The number of aromatic nitrogens is 4. The van der Waals surface area contributed by atoms with Crippen LogP contribution in [0.4, 0.5) is 0 Å². The molecule has 3 saturated carbocycles. The van der Waals surface area contributed by atoms with E-state index in [1.807, 2.05) is 29.3 Å². The summed E-state index contributed by atoms with van der Waals surface area (Å²) >= 11 is 0. The summed E-state index contributed by atoms with van der Waals surface area (Å²) < 4.78 is 16.2. The third-order valence-corrected chi connectivity index (χ3v) is 10.2. The van der Waals surface area contributed by atoms with E-state index in [1.165, 1.54) is 12.8 Å². The second kappa shape index (κ2) is 10.4. The van der Waals surface area contributed by atoms with Crippen molar-refractivity contribution in [2.24, 2.45) is 23.5 Å². The van der Waals surface area contributed by atoms with Crippen molar-refractivity contribution in [3.05, 3.63) is 42.1 Å². The van der Waals surface area contributed by atoms with Crippen molar-refractivity contribution in [1.29, 1.82) is 0 Å². The number of carbonyl (C=O) groups is 1. The molecule has 220 valence electrons. The first-order valence-corrected chi connectivity index (χ1v) is 15.8. The molecule has 3 atom stereocenters. The van der Waals surface area contributed by atoms with Gasteiger partial charge in [-0.05, 0) is 91.9 Å². The molecular formula is C32H35B3N6O3. The van der Waals surface area contributed by atoms with E-state index in [9.17, 15) is 4.79 Å². The van der Waals surface area contributed by atoms with E-state index in [-0.39, 0.29) is 24.1 Å². The SMILES string of the molecule is [B]C([B])([B])OC1CC(Cn2c(-c3cc4cccnc4n3CC3CC3)nc3cc(C(=O)N4C[C@H]5CC[C@@H]4[C@@H]5N)cc(OC)c32)C1. The smallest absolute Gasteiger partial charge is 0.254 e. The van der Waals surface area contributed by atoms with Gasteiger partial charge in [-0.25, -0.2) is 9.97 Å². The Morgan fingerprint density at radius 2 is 1.86 bits per heavy atom. The van der Waals surface area contributed by atoms with Crippen LogP contribution in [0.1, 0.15) is 48.9 Å². The zero-order chi connectivity index (χ0) is 30.3. The molecule has 6 radical (unpaired) electrons. The molecule has 2 N–H and O–H groups in total. The van der Waals surface area contributed by atoms with Crippen LogP contribution in [0, 0.1) is 17.8 Å². The van der Waals surface area contributed by atoms with E-state index in [1.54, 1.807) is 7.11 Å². The van der Waals surface area contributed by atoms with Crippen molar-refractivity contribution >= 4 is 51.5 Å². The van der Waals surface area contributed by atoms with Gasteiger partial charge < -0.3 is 29.2 Å². The summed E-state index contributed by atoms with van der Waals surface area (Å²) in [5, 5.41) is -0.572. The van der Waals surface area contributed by atoms with E-state index < -0.39 is 5.30 Å². The number of carbonyl (C=O) groups excluding carboxylic acids is 1. The molecule has 12 heteroatoms. The molecule has 8 rings (SSSR count). The van der Waals surface area contributed by atoms with E-state index in [0.717, 1.165) is 65.8 Å². The maximum Gasteiger partial charge on any atom is 0.254 e. The predicted molar refractivity (Wildman–Crippen MR) is 171 cm³/mol. The predicted octanol–water partition coefficient (Wildman–Crippen LogP) is 2.95. The second-order valence-corrected chi connectivity index (χ2v) is 13.5. The summed E-state index contributed by atoms with van der Waals surface area (Å²) in [7, 11) is 18.8. The standard InChI is InChI=1S/C32H35B3N6O3/c1-43-26-13-21(31(42)40-16-20-6-7-24(40)27(20)36)11-23-28(26)41(15-18-9-22(10-18)44-32(33,34)35)30(38-23)25-12-19-3-2-8-37-29(19)39(25)14-17-4-5-17/h2-3,8,11-13,17-18,20,22,24,27H,4-7,9-10,14-16,36H2,1H3/t18?,20-,22?,24-,27-/m1/s1. The van der Waals surface area contributed by atoms with E-state index in [0.29, 0.717) is 42.2 Å². The van der Waals surface area contributed by atoms with Gasteiger partial charge in [-0.1, -0.05) is 0 Å². The number of methoxy groups -OCH3 is 1. The van der Waals surface area contributed by atoms with E-state index in [4.69, 9.17) is 48.7 Å². The number of benzene rings is 1. The molecule has 3 aliphatic carbocycles. The molecule has 0 unspecified atom stereocenters. The number of likely N-dealkylation sites (tertiary alicyclic amines) is 1. The number of piperidine rings is 1. The average molecular weight is 584 g/mol. The van der Waals surface area contributed by atoms with Crippen LogP contribution >= 0.6 is 0 Å². The first kappa shape index (κ1) is 28.3. The number of hydrogen-bond acceptors (Lipinski definition) is 6. The monoisotopic (exact) mass is 584 g/mol. The third kappa shape index (κ3) is 4.85. The first-order valence-electron chi connectivity index (χ1n) is 15.8. The van der Waals surface area contributed by atoms with Crippen molar-refractivity contribution in [3.63, 3.8) is 0 Å². The number of hydrogen-bond donors (Lipinski definition) is 1. The van der Waals surface area contributed by atoms with Gasteiger partial charge in [0.1, 0.15) is 16.9 Å². The quantitative estimate of drug-likeness (QED) is 0.304. The molecule has 2 bridgehead atoms. The molecule has 4 heterocycles. The van der Waals surface area contributed by atoms with Crippen LogP contribution in [0.5, 0.6) is 5.75 Å². The molecule has 9 nitrogen and oxygen atoms in total. The van der Waals surface area contributed by atoms with Crippen LogP contribution < -0.4 is 10.5 Å². The fraction of sp³-hybridized carbons (Fsp3) is 0.531. The van der Waals surface area contributed by atoms with Gasteiger partial charge >= 0.3 is 0 Å². The van der Waals surface area contributed by atoms with Crippen LogP contribution in [-0.4, -0.2) is 90.6 Å². The zero-order valence-corrected chi connectivity index (χ0v) is 25.1. The molecule has 1 amide bonds. The lowest BCUT2D eigenvalue weighted by Gasteiger charge is -2.40. The number of nitrogens with zero attached hydrogens (tertiary/aromatic N) is 5. The number of ether oxygens (including phenoxy) is 2. The van der Waals surface area contributed by atoms with Crippen LogP contribution in [0.15, 0.2) is 36.5 Å². The van der Waals surface area contributed by atoms with Crippen molar-refractivity contribution in [2.45, 2.75) is 75.1 Å². The number of nitrogens with two attached hydrogens (primary N) is 1. The van der Waals surface area contributed by atoms with Crippen LogP contribution in [-0.2, 0) is 17.8 Å². The maximum absolute atomic E-state index is 13.9. The molecule has 1 aliphatic heterocycles. The third-order valence-electron chi connectivity index (χ3n) is 10.2. The number of fused-ring (bicyclic) bond motifs is 4. The van der Waals surface area contributed by atoms with Gasteiger partial charge in [0.15, 0.2) is 5.82 Å². The fourth-order valence-corrected chi connectivity index (χ4v) is 7.81. The van der Waals surface area contributed by atoms with Crippen molar-refractivity contribution < 1.29 is 14.3 Å². The molecule has 4 fully saturated rings. The Morgan fingerprint density at radius 3 is 2.55 bits per heavy atom. The summed E-state index contributed by atoms with van der Waals surface area (Å²) in [4.78, 5) is 25.8. The Balaban J connectivity index is 1.23. The minimum Gasteiger partial charge on any atom is -0.494 e. The molecule has 4 aliphatic rings. The lowest BCUT2D eigenvalue weighted by Crippen LogP contribution is -2.44. The highest BCUT2D eigenvalue weighted by Gasteiger charge is 2.47. The van der Waals surface area contributed by atoms with Crippen LogP contribution in [0.25, 0.3) is 33.6 Å². The molecule has 3 aromatic heterocycles. The maximum atomic E-state index is 13.9. The highest BCUT2D eigenvalue weighted by molar-refractivity contribution is 6.58. The molecule has 1 saturated heterocycles. The number of rotatable bonds is 9. The minimum absolute atomic E-state index is 0.0104. The first-order chi connectivity index (χ1) is 21.2. The van der Waals surface area contributed by atoms with Gasteiger partial charge in [-0.15, -0.1) is 0 Å². The van der Waals surface area contributed by atoms with Crippen molar-refractivity contribution in [3.8, 4) is 17.3 Å². The summed E-state index contributed by atoms with van der Waals surface area (Å²) in [6, 6.07) is 10.2. The minimum atomic E-state index is -1.65. The van der Waals surface area contributed by atoms with Gasteiger partial charge in [0.05, 0.1) is 48.0 Å². The number of pyridine rings is 1. The molecule has 1 aromatic carbocycles. The highest BCUT2D eigenvalue weighted by Crippen LogP contribution is 2.42. The lowest BCUT2D eigenvalue weighted by atomic mass is 9.52. The largest absolute Gasteiger partial charge is 0.494 e. The van der Waals surface area contributed by atoms with Gasteiger partial charge in [0.2, 0.25) is 0 Å². The highest BCUT2D eigenvalue weighted by atomic mass is 16.5. The molecular weight excluding hydrogens is 549 g/mol. The summed E-state index contributed by atoms with van der Waals surface area (Å²) in [6.07, 6.45) is 7.78. The van der Waals surface area contributed by atoms with Crippen molar-refractivity contribution in [1.82, 2.24) is 24.0 Å². The number of amides is 1. The van der Waals surface area contributed by atoms with Crippen LogP contribution in [0.2, 0.25) is 0 Å². The Hall–Kier alpha value is -3.24. The van der Waals surface area contributed by atoms with E-state index >= 15 is 0 Å². The topological polar surface area (TPSA) is 100 Å². The fourth-order valence-electron chi connectivity index (χ4n) is 7.81. The molecule has 0 spiro atoms. The second-order valence-electron chi connectivity index (χ2n) is 13.5. The van der Waals surface area contributed by atoms with E-state index in [2.05, 4.69) is 21.3 Å². The van der Waals surface area contributed by atoms with Crippen molar-refractivity contribution in [2.75, 3.05) is 13.7 Å². The number of imidazole rings is 1. The van der Waals surface area contributed by atoms with Crippen LogP contribution in [0.3, 0.4) is 0 Å². The van der Waals surface area contributed by atoms with Gasteiger partial charge in [-0.3, -0.25) is 4.79 Å². The summed E-state index contributed by atoms with van der Waals surface area (Å²) in [5.74, 6) is 2.76. The Labute approximate surface area is 261 Å². The zero-order valence-electron chi connectivity index (χ0n) is 25.1. The lowest BCUT2D eigenvalue weighted by molar-refractivity contribution is -0.0398.